The summed E-state index contributed by atoms with van der Waals surface area (Å²) < 4.78 is 15.5. The SMILES string of the molecule is COc1cc(OC)cc(C(C)(C)OC(=O)NN)c1. The zero-order valence-electron chi connectivity index (χ0n) is 10.9. The van der Waals surface area contributed by atoms with Crippen LogP contribution in [0.3, 0.4) is 0 Å². The molecule has 18 heavy (non-hydrogen) atoms. The molecule has 0 spiro atoms. The molecule has 1 aromatic carbocycles. The van der Waals surface area contributed by atoms with Crippen LogP contribution in [0, 0.1) is 0 Å². The minimum absolute atomic E-state index is 0.620. The molecule has 0 unspecified atom stereocenters. The molecule has 100 valence electrons. The van der Waals surface area contributed by atoms with Gasteiger partial charge in [-0.1, -0.05) is 0 Å². The number of nitrogens with two attached hydrogens (primary N) is 1. The van der Waals surface area contributed by atoms with E-state index in [0.717, 1.165) is 5.56 Å². The van der Waals surface area contributed by atoms with Crippen molar-refractivity contribution in [1.29, 1.82) is 0 Å². The van der Waals surface area contributed by atoms with Crippen molar-refractivity contribution in [1.82, 2.24) is 5.43 Å². The van der Waals surface area contributed by atoms with Gasteiger partial charge in [0, 0.05) is 11.6 Å². The van der Waals surface area contributed by atoms with Crippen molar-refractivity contribution >= 4 is 6.09 Å². The third-order valence-corrected chi connectivity index (χ3v) is 2.51. The lowest BCUT2D eigenvalue weighted by Gasteiger charge is -2.26. The standard InChI is InChI=1S/C12H18N2O4/c1-12(2,18-11(15)14-13)8-5-9(16-3)7-10(6-8)17-4/h5-7H,13H2,1-4H3,(H,14,15). The van der Waals surface area contributed by atoms with Gasteiger partial charge < -0.3 is 14.2 Å². The maximum absolute atomic E-state index is 11.2. The molecule has 0 saturated carbocycles. The molecule has 0 fully saturated rings. The van der Waals surface area contributed by atoms with Crippen molar-refractivity contribution in [3.63, 3.8) is 0 Å². The van der Waals surface area contributed by atoms with Crippen LogP contribution in [0.2, 0.25) is 0 Å². The monoisotopic (exact) mass is 254 g/mol. The van der Waals surface area contributed by atoms with E-state index < -0.39 is 11.7 Å². The molecule has 0 radical (unpaired) electrons. The normalized spacial score (nSPS) is 10.7. The fraction of sp³-hybridized carbons (Fsp3) is 0.417. The number of nitrogens with one attached hydrogen (secondary N) is 1. The number of hydrogen-bond donors (Lipinski definition) is 2. The summed E-state index contributed by atoms with van der Waals surface area (Å²) in [4.78, 5) is 11.2. The first-order valence-corrected chi connectivity index (χ1v) is 5.36. The zero-order chi connectivity index (χ0) is 13.8. The van der Waals surface area contributed by atoms with Gasteiger partial charge >= 0.3 is 6.09 Å². The number of carbonyl (C=O) groups is 1. The van der Waals surface area contributed by atoms with Gasteiger partial charge in [0.1, 0.15) is 17.1 Å². The van der Waals surface area contributed by atoms with Gasteiger partial charge in [-0.3, -0.25) is 5.43 Å². The van der Waals surface area contributed by atoms with E-state index in [-0.39, 0.29) is 0 Å². The highest BCUT2D eigenvalue weighted by molar-refractivity contribution is 5.67. The van der Waals surface area contributed by atoms with Crippen LogP contribution < -0.4 is 20.7 Å². The van der Waals surface area contributed by atoms with Crippen molar-refractivity contribution in [2.75, 3.05) is 14.2 Å². The van der Waals surface area contributed by atoms with E-state index >= 15 is 0 Å². The second kappa shape index (κ2) is 5.59. The van der Waals surface area contributed by atoms with Crippen LogP contribution in [0.15, 0.2) is 18.2 Å². The average molecular weight is 254 g/mol. The topological polar surface area (TPSA) is 82.8 Å². The zero-order valence-corrected chi connectivity index (χ0v) is 10.9. The molecular weight excluding hydrogens is 236 g/mol. The number of hydrogen-bond acceptors (Lipinski definition) is 5. The summed E-state index contributed by atoms with van der Waals surface area (Å²) in [5.41, 5.74) is 1.81. The molecule has 3 N–H and O–H groups in total. The van der Waals surface area contributed by atoms with Gasteiger partial charge in [0.15, 0.2) is 0 Å². The highest BCUT2D eigenvalue weighted by Gasteiger charge is 2.26. The van der Waals surface area contributed by atoms with Crippen LogP contribution in [0.1, 0.15) is 19.4 Å². The lowest BCUT2D eigenvalue weighted by Crippen LogP contribution is -2.36. The molecule has 0 aliphatic carbocycles. The summed E-state index contributed by atoms with van der Waals surface area (Å²) in [6.07, 6.45) is -0.707. The van der Waals surface area contributed by atoms with Crippen LogP contribution in [-0.4, -0.2) is 20.3 Å². The molecule has 6 heteroatoms. The van der Waals surface area contributed by atoms with Crippen molar-refractivity contribution in [2.45, 2.75) is 19.4 Å². The van der Waals surface area contributed by atoms with Gasteiger partial charge in [-0.25, -0.2) is 10.6 Å². The van der Waals surface area contributed by atoms with Gasteiger partial charge in [0.05, 0.1) is 14.2 Å². The molecule has 1 amide bonds. The summed E-state index contributed by atoms with van der Waals surface area (Å²) in [5.74, 6) is 6.23. The van der Waals surface area contributed by atoms with Crippen molar-refractivity contribution < 1.29 is 19.0 Å². The Labute approximate surface area is 106 Å². The van der Waals surface area contributed by atoms with Gasteiger partial charge in [0.2, 0.25) is 0 Å². The third-order valence-electron chi connectivity index (χ3n) is 2.51. The van der Waals surface area contributed by atoms with Crippen molar-refractivity contribution in [2.24, 2.45) is 5.84 Å². The molecule has 0 aliphatic heterocycles. The largest absolute Gasteiger partial charge is 0.497 e. The summed E-state index contributed by atoms with van der Waals surface area (Å²) in [6, 6.07) is 5.28. The van der Waals surface area contributed by atoms with E-state index in [0.29, 0.717) is 11.5 Å². The molecule has 0 aliphatic rings. The highest BCUT2D eigenvalue weighted by Crippen LogP contribution is 2.31. The number of rotatable bonds is 4. The minimum Gasteiger partial charge on any atom is -0.497 e. The van der Waals surface area contributed by atoms with E-state index in [2.05, 4.69) is 0 Å². The highest BCUT2D eigenvalue weighted by atomic mass is 16.6. The number of methoxy groups -OCH3 is 2. The molecule has 0 atom stereocenters. The quantitative estimate of drug-likeness (QED) is 0.484. The van der Waals surface area contributed by atoms with Crippen LogP contribution in [-0.2, 0) is 10.3 Å². The fourth-order valence-electron chi connectivity index (χ4n) is 1.48. The molecule has 6 nitrogen and oxygen atoms in total. The van der Waals surface area contributed by atoms with Crippen LogP contribution in [0.4, 0.5) is 4.79 Å². The van der Waals surface area contributed by atoms with Crippen LogP contribution in [0.25, 0.3) is 0 Å². The van der Waals surface area contributed by atoms with Crippen LogP contribution in [0.5, 0.6) is 11.5 Å². The molecule has 1 rings (SSSR count). The number of amides is 1. The summed E-state index contributed by atoms with van der Waals surface area (Å²) >= 11 is 0. The Kier molecular flexibility index (Phi) is 4.38. The first-order valence-electron chi connectivity index (χ1n) is 5.36. The van der Waals surface area contributed by atoms with E-state index in [1.54, 1.807) is 46.3 Å². The maximum Gasteiger partial charge on any atom is 0.422 e. The summed E-state index contributed by atoms with van der Waals surface area (Å²) in [5, 5.41) is 0. The Bertz CT molecular complexity index is 410. The smallest absolute Gasteiger partial charge is 0.422 e. The molecule has 1 aromatic rings. The minimum atomic E-state index is -0.856. The van der Waals surface area contributed by atoms with Crippen molar-refractivity contribution in [3.8, 4) is 11.5 Å². The number of carbonyl (C=O) groups excluding carboxylic acids is 1. The second-order valence-corrected chi connectivity index (χ2v) is 4.15. The van der Waals surface area contributed by atoms with Crippen molar-refractivity contribution in [3.05, 3.63) is 23.8 Å². The number of ether oxygens (including phenoxy) is 3. The molecule has 0 aromatic heterocycles. The molecular formula is C12H18N2O4. The van der Waals surface area contributed by atoms with Gasteiger partial charge in [-0.15, -0.1) is 0 Å². The van der Waals surface area contributed by atoms with Gasteiger partial charge in [-0.05, 0) is 26.0 Å². The lowest BCUT2D eigenvalue weighted by molar-refractivity contribution is 0.0361. The van der Waals surface area contributed by atoms with E-state index in [1.807, 2.05) is 5.43 Å². The number of benzene rings is 1. The Morgan fingerprint density at radius 3 is 2.06 bits per heavy atom. The molecule has 0 saturated heterocycles. The lowest BCUT2D eigenvalue weighted by atomic mass is 9.97. The Morgan fingerprint density at radius 2 is 1.67 bits per heavy atom. The summed E-state index contributed by atoms with van der Waals surface area (Å²) in [6.45, 7) is 3.49. The predicted molar refractivity (Wildman–Crippen MR) is 66.4 cm³/mol. The molecule has 0 heterocycles. The van der Waals surface area contributed by atoms with Gasteiger partial charge in [0.25, 0.3) is 0 Å². The Balaban J connectivity index is 3.09. The Morgan fingerprint density at radius 1 is 1.17 bits per heavy atom. The average Bonchev–Trinajstić information content (AvgIpc) is 2.37. The maximum atomic E-state index is 11.2. The summed E-state index contributed by atoms with van der Waals surface area (Å²) in [7, 11) is 3.11. The van der Waals surface area contributed by atoms with E-state index in [9.17, 15) is 4.79 Å². The third kappa shape index (κ3) is 3.27. The molecule has 0 bridgehead atoms. The number of hydrazine groups is 1. The Hall–Kier alpha value is -1.95. The first kappa shape index (κ1) is 14.1. The fourth-order valence-corrected chi connectivity index (χ4v) is 1.48. The van der Waals surface area contributed by atoms with Crippen LogP contribution >= 0.6 is 0 Å². The second-order valence-electron chi connectivity index (χ2n) is 4.15. The predicted octanol–water partition coefficient (Wildman–Crippen LogP) is 1.54. The van der Waals surface area contributed by atoms with E-state index in [1.165, 1.54) is 0 Å². The van der Waals surface area contributed by atoms with Gasteiger partial charge in [-0.2, -0.15) is 0 Å². The first-order chi connectivity index (χ1) is 8.42. The van der Waals surface area contributed by atoms with E-state index in [4.69, 9.17) is 20.1 Å².